The molecule has 0 radical (unpaired) electrons. The summed E-state index contributed by atoms with van der Waals surface area (Å²) in [6.45, 7) is 4.35. The van der Waals surface area contributed by atoms with Crippen LogP contribution in [-0.4, -0.2) is 10.4 Å². The van der Waals surface area contributed by atoms with Crippen molar-refractivity contribution in [1.82, 2.24) is 0 Å². The van der Waals surface area contributed by atoms with Crippen molar-refractivity contribution in [2.45, 2.75) is 20.3 Å². The third kappa shape index (κ3) is 3.04. The van der Waals surface area contributed by atoms with Crippen molar-refractivity contribution in [3.8, 4) is 0 Å². The van der Waals surface area contributed by atoms with E-state index in [0.717, 1.165) is 12.0 Å². The van der Waals surface area contributed by atoms with E-state index in [2.05, 4.69) is 19.0 Å². The Morgan fingerprint density at radius 1 is 1.36 bits per heavy atom. The molecule has 14 heavy (non-hydrogen) atoms. The Morgan fingerprint density at radius 3 is 2.36 bits per heavy atom. The molecular formula is C11H14ClNO. The predicted octanol–water partition coefficient (Wildman–Crippen LogP) is 3.26. The summed E-state index contributed by atoms with van der Waals surface area (Å²) in [7, 11) is 0. The van der Waals surface area contributed by atoms with Crippen LogP contribution in [-0.2, 0) is 6.42 Å². The molecule has 0 spiro atoms. The largest absolute Gasteiger partial charge is 0.410 e. The maximum Gasteiger partial charge on any atom is 0.175 e. The van der Waals surface area contributed by atoms with Gasteiger partial charge in [0.15, 0.2) is 5.17 Å². The Hall–Kier alpha value is -1.02. The Bertz CT molecular complexity index is 317. The fraction of sp³-hybridized carbons (Fsp3) is 0.364. The highest BCUT2D eigenvalue weighted by Crippen LogP contribution is 2.11. The molecule has 3 heteroatoms. The topological polar surface area (TPSA) is 32.6 Å². The van der Waals surface area contributed by atoms with E-state index in [0.29, 0.717) is 5.92 Å². The van der Waals surface area contributed by atoms with Gasteiger partial charge < -0.3 is 5.21 Å². The third-order valence-corrected chi connectivity index (χ3v) is 2.22. The lowest BCUT2D eigenvalue weighted by atomic mass is 10.0. The first kappa shape index (κ1) is 11.1. The zero-order valence-electron chi connectivity index (χ0n) is 8.37. The van der Waals surface area contributed by atoms with E-state index in [1.54, 1.807) is 0 Å². The van der Waals surface area contributed by atoms with Gasteiger partial charge in [-0.05, 0) is 17.9 Å². The van der Waals surface area contributed by atoms with Crippen molar-refractivity contribution < 1.29 is 5.21 Å². The monoisotopic (exact) mass is 211 g/mol. The van der Waals surface area contributed by atoms with Gasteiger partial charge in [0.05, 0.1) is 0 Å². The third-order valence-electron chi connectivity index (χ3n) is 1.92. The molecule has 0 fully saturated rings. The summed E-state index contributed by atoms with van der Waals surface area (Å²) in [5, 5.41) is 11.5. The average molecular weight is 212 g/mol. The van der Waals surface area contributed by atoms with Gasteiger partial charge >= 0.3 is 0 Å². The smallest absolute Gasteiger partial charge is 0.175 e. The molecule has 1 N–H and O–H groups in total. The van der Waals surface area contributed by atoms with Crippen molar-refractivity contribution in [3.63, 3.8) is 0 Å². The second kappa shape index (κ2) is 5.01. The first-order valence-corrected chi connectivity index (χ1v) is 4.98. The van der Waals surface area contributed by atoms with Gasteiger partial charge in [-0.2, -0.15) is 0 Å². The van der Waals surface area contributed by atoms with E-state index < -0.39 is 0 Å². The summed E-state index contributed by atoms with van der Waals surface area (Å²) < 4.78 is 0. The summed E-state index contributed by atoms with van der Waals surface area (Å²) in [6, 6.07) is 7.73. The second-order valence-electron chi connectivity index (χ2n) is 3.69. The molecule has 0 unspecified atom stereocenters. The number of hydrogen-bond donors (Lipinski definition) is 1. The molecule has 0 aliphatic rings. The van der Waals surface area contributed by atoms with Gasteiger partial charge in [0.25, 0.3) is 0 Å². The lowest BCUT2D eigenvalue weighted by Gasteiger charge is -2.05. The minimum Gasteiger partial charge on any atom is -0.410 e. The Kier molecular flexibility index (Phi) is 3.96. The fourth-order valence-electron chi connectivity index (χ4n) is 1.31. The zero-order valence-corrected chi connectivity index (χ0v) is 9.12. The van der Waals surface area contributed by atoms with E-state index in [-0.39, 0.29) is 5.17 Å². The summed E-state index contributed by atoms with van der Waals surface area (Å²) in [5.41, 5.74) is 2.01. The Balaban J connectivity index is 2.78. The van der Waals surface area contributed by atoms with E-state index in [9.17, 15) is 0 Å². The predicted molar refractivity (Wildman–Crippen MR) is 59.2 cm³/mol. The van der Waals surface area contributed by atoms with Crippen molar-refractivity contribution >= 4 is 16.8 Å². The Labute approximate surface area is 89.2 Å². The number of rotatable bonds is 3. The molecule has 1 aromatic rings. The summed E-state index contributed by atoms with van der Waals surface area (Å²) >= 11 is 5.65. The van der Waals surface area contributed by atoms with Crippen LogP contribution in [0.2, 0.25) is 0 Å². The van der Waals surface area contributed by atoms with Crippen LogP contribution >= 0.6 is 11.6 Å². The molecule has 1 aromatic carbocycles. The van der Waals surface area contributed by atoms with Crippen LogP contribution in [0.15, 0.2) is 29.4 Å². The molecule has 0 bridgehead atoms. The highest BCUT2D eigenvalue weighted by Gasteiger charge is 2.01. The molecule has 0 amide bonds. The number of halogens is 1. The number of benzene rings is 1. The van der Waals surface area contributed by atoms with Crippen LogP contribution < -0.4 is 0 Å². The van der Waals surface area contributed by atoms with E-state index in [1.165, 1.54) is 5.56 Å². The summed E-state index contributed by atoms with van der Waals surface area (Å²) in [6.07, 6.45) is 1.05. The van der Waals surface area contributed by atoms with Crippen molar-refractivity contribution in [2.24, 2.45) is 11.1 Å². The fourth-order valence-corrected chi connectivity index (χ4v) is 1.43. The van der Waals surface area contributed by atoms with Gasteiger partial charge in [-0.15, -0.1) is 0 Å². The molecule has 0 aliphatic carbocycles. The number of nitrogens with zero attached hydrogens (tertiary/aromatic N) is 1. The molecule has 1 rings (SSSR count). The minimum absolute atomic E-state index is 0.126. The molecule has 0 saturated heterocycles. The average Bonchev–Trinajstić information content (AvgIpc) is 2.17. The maximum absolute atomic E-state index is 8.46. The van der Waals surface area contributed by atoms with Gasteiger partial charge in [0.1, 0.15) is 0 Å². The van der Waals surface area contributed by atoms with Crippen LogP contribution in [0.1, 0.15) is 25.0 Å². The van der Waals surface area contributed by atoms with Crippen LogP contribution in [0.3, 0.4) is 0 Å². The molecule has 0 saturated carbocycles. The lowest BCUT2D eigenvalue weighted by Crippen LogP contribution is -1.96. The molecule has 76 valence electrons. The molecule has 0 aromatic heterocycles. The number of oxime groups is 1. The SMILES string of the molecule is CC(C)Cc1ccc(/C(Cl)=N/O)cc1. The van der Waals surface area contributed by atoms with Gasteiger partial charge in [0, 0.05) is 5.56 Å². The highest BCUT2D eigenvalue weighted by molar-refractivity contribution is 6.69. The maximum atomic E-state index is 8.46. The van der Waals surface area contributed by atoms with Crippen LogP contribution in [0.4, 0.5) is 0 Å². The van der Waals surface area contributed by atoms with E-state index in [1.807, 2.05) is 24.3 Å². The van der Waals surface area contributed by atoms with Crippen LogP contribution in [0, 0.1) is 5.92 Å². The van der Waals surface area contributed by atoms with Gasteiger partial charge in [-0.3, -0.25) is 0 Å². The summed E-state index contributed by atoms with van der Waals surface area (Å²) in [5.74, 6) is 0.642. The van der Waals surface area contributed by atoms with Gasteiger partial charge in [-0.1, -0.05) is 54.9 Å². The van der Waals surface area contributed by atoms with Crippen LogP contribution in [0.25, 0.3) is 0 Å². The van der Waals surface area contributed by atoms with Crippen molar-refractivity contribution in [1.29, 1.82) is 0 Å². The van der Waals surface area contributed by atoms with Crippen molar-refractivity contribution in [3.05, 3.63) is 35.4 Å². The van der Waals surface area contributed by atoms with Crippen LogP contribution in [0.5, 0.6) is 0 Å². The molecule has 0 atom stereocenters. The number of hydrogen-bond acceptors (Lipinski definition) is 2. The first-order chi connectivity index (χ1) is 6.63. The minimum atomic E-state index is 0.126. The normalized spacial score (nSPS) is 12.1. The molecular weight excluding hydrogens is 198 g/mol. The van der Waals surface area contributed by atoms with Crippen molar-refractivity contribution in [2.75, 3.05) is 0 Å². The second-order valence-corrected chi connectivity index (χ2v) is 4.04. The quantitative estimate of drug-likeness (QED) is 0.465. The highest BCUT2D eigenvalue weighted by atomic mass is 35.5. The molecule has 0 heterocycles. The summed E-state index contributed by atoms with van der Waals surface area (Å²) in [4.78, 5) is 0. The standard InChI is InChI=1S/C11H14ClNO/c1-8(2)7-9-3-5-10(6-4-9)11(12)13-14/h3-6,8,14H,7H2,1-2H3/b13-11-. The first-order valence-electron chi connectivity index (χ1n) is 4.60. The molecule has 0 aliphatic heterocycles. The van der Waals surface area contributed by atoms with E-state index in [4.69, 9.17) is 16.8 Å². The van der Waals surface area contributed by atoms with E-state index >= 15 is 0 Å². The van der Waals surface area contributed by atoms with Gasteiger partial charge in [0.2, 0.25) is 0 Å². The zero-order chi connectivity index (χ0) is 10.6. The molecule has 2 nitrogen and oxygen atoms in total. The van der Waals surface area contributed by atoms with Gasteiger partial charge in [-0.25, -0.2) is 0 Å². The Morgan fingerprint density at radius 2 is 1.93 bits per heavy atom. The lowest BCUT2D eigenvalue weighted by molar-refractivity contribution is 0.321.